The number of hydrogen-bond acceptors (Lipinski definition) is 9. The predicted molar refractivity (Wildman–Crippen MR) is 159 cm³/mol. The molecule has 11 nitrogen and oxygen atoms in total. The third-order valence-corrected chi connectivity index (χ3v) is 9.03. The summed E-state index contributed by atoms with van der Waals surface area (Å²) in [4.78, 5) is 15.9. The number of benzene rings is 2. The molecule has 0 bridgehead atoms. The second-order valence-electron chi connectivity index (χ2n) is 10.7. The highest BCUT2D eigenvalue weighted by atomic mass is 35.5. The maximum absolute atomic E-state index is 14.5. The van der Waals surface area contributed by atoms with Gasteiger partial charge in [-0.1, -0.05) is 52.9 Å². The molecule has 3 aromatic rings. The Morgan fingerprint density at radius 1 is 1.20 bits per heavy atom. The molecule has 234 valence electrons. The van der Waals surface area contributed by atoms with E-state index in [2.05, 4.69) is 10.3 Å². The van der Waals surface area contributed by atoms with Crippen LogP contribution in [0.5, 0.6) is 0 Å². The minimum Gasteiger partial charge on any atom is -0.394 e. The maximum Gasteiger partial charge on any atom is 0.259 e. The SMILES string of the molecule is COC1C(C(=O)N(c2cc(Cl)cc(C#N)c2)[C@H]2CCCC[C@@H]2O)OC(CO)C(O)C1n1cc(-c2cc(F)c(Cl)c(Cl)c2)nn1. The van der Waals surface area contributed by atoms with Gasteiger partial charge in [0.2, 0.25) is 0 Å². The van der Waals surface area contributed by atoms with Crippen LogP contribution in [0.4, 0.5) is 10.1 Å². The molecule has 7 atom stereocenters. The van der Waals surface area contributed by atoms with E-state index in [-0.39, 0.29) is 37.6 Å². The molecule has 2 aromatic carbocycles. The number of nitrogens with zero attached hydrogens (tertiary/aromatic N) is 5. The molecule has 2 fully saturated rings. The smallest absolute Gasteiger partial charge is 0.259 e. The molecule has 1 saturated carbocycles. The van der Waals surface area contributed by atoms with Gasteiger partial charge in [0.1, 0.15) is 35.9 Å². The largest absolute Gasteiger partial charge is 0.394 e. The van der Waals surface area contributed by atoms with Gasteiger partial charge in [-0.05, 0) is 43.2 Å². The topological polar surface area (TPSA) is 154 Å². The number of aromatic nitrogens is 3. The van der Waals surface area contributed by atoms with E-state index in [1.807, 2.05) is 6.07 Å². The van der Waals surface area contributed by atoms with Gasteiger partial charge in [0.05, 0.1) is 46.6 Å². The first-order valence-corrected chi connectivity index (χ1v) is 15.0. The van der Waals surface area contributed by atoms with Crippen molar-refractivity contribution in [2.45, 2.75) is 68.3 Å². The summed E-state index contributed by atoms with van der Waals surface area (Å²) in [6.45, 7) is -0.654. The van der Waals surface area contributed by atoms with Crippen LogP contribution in [0.1, 0.15) is 37.3 Å². The second-order valence-corrected chi connectivity index (χ2v) is 12.0. The number of carbonyl (C=O) groups is 1. The lowest BCUT2D eigenvalue weighted by atomic mass is 9.88. The summed E-state index contributed by atoms with van der Waals surface area (Å²) in [7, 11) is 1.33. The molecule has 1 aliphatic carbocycles. The van der Waals surface area contributed by atoms with Gasteiger partial charge in [0.15, 0.2) is 6.10 Å². The van der Waals surface area contributed by atoms with Crippen LogP contribution in [0.15, 0.2) is 36.5 Å². The molecule has 44 heavy (non-hydrogen) atoms. The number of aliphatic hydroxyl groups excluding tert-OH is 3. The molecule has 3 N–H and O–H groups in total. The summed E-state index contributed by atoms with van der Waals surface area (Å²) in [6.07, 6.45) is -2.28. The second kappa shape index (κ2) is 13.6. The summed E-state index contributed by atoms with van der Waals surface area (Å²) in [5.41, 5.74) is 0.932. The standard InChI is InChI=1S/C29H29Cl3FN5O6/c1-43-27-25(37-12-20(35-36-37)15-8-18(31)24(32)19(33)9-15)26(41)23(13-39)44-28(27)29(42)38(21-4-2-3-5-22(21)40)17-7-14(11-34)6-16(30)10-17/h6-10,12,21-23,25-28,39-41H,2-5,13H2,1H3/t21-,22-,23?,25?,26?,27?,28?/m0/s1. The Morgan fingerprint density at radius 2 is 1.95 bits per heavy atom. The summed E-state index contributed by atoms with van der Waals surface area (Å²) < 4.78 is 27.3. The van der Waals surface area contributed by atoms with Crippen LogP contribution in [0.25, 0.3) is 11.3 Å². The van der Waals surface area contributed by atoms with Crippen molar-refractivity contribution in [3.63, 3.8) is 0 Å². The van der Waals surface area contributed by atoms with Crippen molar-refractivity contribution >= 4 is 46.4 Å². The number of hydrogen-bond donors (Lipinski definition) is 3. The Labute approximate surface area is 267 Å². The van der Waals surface area contributed by atoms with Crippen LogP contribution in [-0.2, 0) is 14.3 Å². The van der Waals surface area contributed by atoms with Gasteiger partial charge in [-0.2, -0.15) is 5.26 Å². The highest BCUT2D eigenvalue weighted by Crippen LogP contribution is 2.38. The zero-order chi connectivity index (χ0) is 31.7. The Kier molecular flexibility index (Phi) is 10.1. The van der Waals surface area contributed by atoms with Gasteiger partial charge in [-0.3, -0.25) is 4.79 Å². The van der Waals surface area contributed by atoms with Crippen molar-refractivity contribution in [3.8, 4) is 17.3 Å². The fraction of sp³-hybridized carbons (Fsp3) is 0.448. The first-order valence-electron chi connectivity index (χ1n) is 13.8. The fourth-order valence-electron chi connectivity index (χ4n) is 5.91. The number of aliphatic hydroxyl groups is 3. The monoisotopic (exact) mass is 667 g/mol. The third-order valence-electron chi connectivity index (χ3n) is 8.03. The van der Waals surface area contributed by atoms with E-state index in [0.717, 1.165) is 18.9 Å². The molecule has 1 saturated heterocycles. The van der Waals surface area contributed by atoms with Crippen LogP contribution in [0.2, 0.25) is 15.1 Å². The third kappa shape index (κ3) is 6.29. The number of rotatable bonds is 7. The Morgan fingerprint density at radius 3 is 2.61 bits per heavy atom. The lowest BCUT2D eigenvalue weighted by Gasteiger charge is -2.46. The van der Waals surface area contributed by atoms with Crippen molar-refractivity contribution in [3.05, 3.63) is 63.0 Å². The van der Waals surface area contributed by atoms with Crippen molar-refractivity contribution in [2.75, 3.05) is 18.6 Å². The molecule has 0 spiro atoms. The lowest BCUT2D eigenvalue weighted by molar-refractivity contribution is -0.211. The number of nitriles is 1. The van der Waals surface area contributed by atoms with Gasteiger partial charge in [0, 0.05) is 23.4 Å². The zero-order valence-electron chi connectivity index (χ0n) is 23.4. The number of anilines is 1. The molecular formula is C29H29Cl3FN5O6. The first-order chi connectivity index (χ1) is 21.1. The van der Waals surface area contributed by atoms with Crippen LogP contribution >= 0.6 is 34.8 Å². The Bertz CT molecular complexity index is 1550. The summed E-state index contributed by atoms with van der Waals surface area (Å²) in [5, 5.41) is 50.1. The molecule has 1 aromatic heterocycles. The van der Waals surface area contributed by atoms with Crippen LogP contribution < -0.4 is 4.90 Å². The Balaban J connectivity index is 1.56. The predicted octanol–water partition coefficient (Wildman–Crippen LogP) is 3.93. The van der Waals surface area contributed by atoms with Gasteiger partial charge in [-0.25, -0.2) is 9.07 Å². The van der Waals surface area contributed by atoms with E-state index >= 15 is 0 Å². The molecule has 0 radical (unpaired) electrons. The van der Waals surface area contributed by atoms with E-state index in [4.69, 9.17) is 44.3 Å². The molecule has 5 unspecified atom stereocenters. The van der Waals surface area contributed by atoms with Crippen molar-refractivity contribution in [1.82, 2.24) is 15.0 Å². The molecule has 1 amide bonds. The quantitative estimate of drug-likeness (QED) is 0.318. The highest BCUT2D eigenvalue weighted by Gasteiger charge is 2.52. The average molecular weight is 669 g/mol. The van der Waals surface area contributed by atoms with E-state index in [9.17, 15) is 29.8 Å². The minimum absolute atomic E-state index is 0.0337. The molecular weight excluding hydrogens is 640 g/mol. The van der Waals surface area contributed by atoms with E-state index in [1.54, 1.807) is 0 Å². The number of ether oxygens (including phenoxy) is 2. The number of methoxy groups -OCH3 is 1. The zero-order valence-corrected chi connectivity index (χ0v) is 25.6. The Hall–Kier alpha value is -2.86. The lowest BCUT2D eigenvalue weighted by Crippen LogP contribution is -2.63. The molecule has 15 heteroatoms. The van der Waals surface area contributed by atoms with E-state index < -0.39 is 60.9 Å². The van der Waals surface area contributed by atoms with Crippen LogP contribution in [0, 0.1) is 17.1 Å². The van der Waals surface area contributed by atoms with Gasteiger partial charge < -0.3 is 29.7 Å². The van der Waals surface area contributed by atoms with Crippen LogP contribution in [0.3, 0.4) is 0 Å². The maximum atomic E-state index is 14.5. The number of amides is 1. The number of halogens is 4. The van der Waals surface area contributed by atoms with Crippen molar-refractivity contribution in [1.29, 1.82) is 5.26 Å². The van der Waals surface area contributed by atoms with Crippen molar-refractivity contribution < 1.29 is 34.0 Å². The highest BCUT2D eigenvalue weighted by molar-refractivity contribution is 6.42. The summed E-state index contributed by atoms with van der Waals surface area (Å²) >= 11 is 18.2. The first kappa shape index (κ1) is 32.5. The van der Waals surface area contributed by atoms with Gasteiger partial charge in [-0.15, -0.1) is 5.10 Å². The summed E-state index contributed by atoms with van der Waals surface area (Å²) in [6, 6.07) is 7.24. The number of carbonyl (C=O) groups excluding carboxylic acids is 1. The fourth-order valence-corrected chi connectivity index (χ4v) is 6.45. The van der Waals surface area contributed by atoms with E-state index in [0.29, 0.717) is 12.8 Å². The molecule has 5 rings (SSSR count). The molecule has 2 heterocycles. The average Bonchev–Trinajstić information content (AvgIpc) is 3.50. The molecule has 1 aliphatic heterocycles. The minimum atomic E-state index is -1.42. The van der Waals surface area contributed by atoms with Gasteiger partial charge in [0.25, 0.3) is 5.91 Å². The van der Waals surface area contributed by atoms with Crippen molar-refractivity contribution in [2.24, 2.45) is 0 Å². The molecule has 2 aliphatic rings. The van der Waals surface area contributed by atoms with Gasteiger partial charge >= 0.3 is 0 Å². The normalized spacial score (nSPS) is 27.1. The van der Waals surface area contributed by atoms with E-state index in [1.165, 1.54) is 47.2 Å². The summed E-state index contributed by atoms with van der Waals surface area (Å²) in [5.74, 6) is -1.41. The van der Waals surface area contributed by atoms with Crippen LogP contribution in [-0.4, -0.2) is 86.5 Å².